The second-order valence-electron chi connectivity index (χ2n) is 13.0. The van der Waals surface area contributed by atoms with Crippen molar-refractivity contribution in [2.45, 2.75) is 62.2 Å². The molecule has 7 atom stereocenters. The Morgan fingerprint density at radius 3 is 2.81 bits per heavy atom. The number of halogens is 1. The molecule has 0 radical (unpaired) electrons. The first-order valence-electron chi connectivity index (χ1n) is 15.4. The number of hydrogen-bond donors (Lipinski definition) is 2. The van der Waals surface area contributed by atoms with Crippen LogP contribution >= 0.6 is 11.6 Å². The summed E-state index contributed by atoms with van der Waals surface area (Å²) >= 11 is 6.42. The molecule has 0 aromatic heterocycles. The van der Waals surface area contributed by atoms with Crippen LogP contribution in [0.15, 0.2) is 48.6 Å². The lowest BCUT2D eigenvalue weighted by atomic mass is 9.68. The minimum atomic E-state index is -2.99. The van der Waals surface area contributed by atoms with Crippen molar-refractivity contribution >= 4 is 38.8 Å². The SMILES string of the molecule is C=S1(=O)NC(=O)c2ccc3c(c2)N(C[C@@H]2CC[C@H]2[C@@H](OC)/C=C/[C@@H](CO)C[C@@H]1C)C[C@@]1(CCCc2cc(Cl)ccc21)CO3. The summed E-state index contributed by atoms with van der Waals surface area (Å²) < 4.78 is 28.9. The minimum Gasteiger partial charge on any atom is -0.490 e. The summed E-state index contributed by atoms with van der Waals surface area (Å²) in [6.45, 7) is 3.83. The number of nitrogens with zero attached hydrogens (tertiary/aromatic N) is 1. The highest BCUT2D eigenvalue weighted by atomic mass is 35.5. The van der Waals surface area contributed by atoms with Crippen LogP contribution in [-0.2, 0) is 26.3 Å². The van der Waals surface area contributed by atoms with Gasteiger partial charge in [-0.15, -0.1) is 0 Å². The summed E-state index contributed by atoms with van der Waals surface area (Å²) in [4.78, 5) is 15.9. The van der Waals surface area contributed by atoms with Gasteiger partial charge in [0.15, 0.2) is 0 Å². The Bertz CT molecular complexity index is 1510. The van der Waals surface area contributed by atoms with E-state index in [0.717, 1.165) is 61.7 Å². The largest absolute Gasteiger partial charge is 0.490 e. The molecule has 232 valence electrons. The van der Waals surface area contributed by atoms with Gasteiger partial charge in [0.1, 0.15) is 5.75 Å². The quantitative estimate of drug-likeness (QED) is 0.353. The zero-order valence-corrected chi connectivity index (χ0v) is 26.7. The van der Waals surface area contributed by atoms with E-state index in [1.807, 2.05) is 31.2 Å². The average molecular weight is 627 g/mol. The fourth-order valence-electron chi connectivity index (χ4n) is 7.57. The van der Waals surface area contributed by atoms with Gasteiger partial charge in [0.25, 0.3) is 5.91 Å². The lowest BCUT2D eigenvalue weighted by molar-refractivity contribution is 0.0129. The van der Waals surface area contributed by atoms with E-state index in [9.17, 15) is 14.1 Å². The standard InChI is InChI=1S/C34H43ClN2O5S/c1-22-15-23(19-38)6-12-31(41-2)28-10-7-26(28)18-37-20-34(14-4-5-24-16-27(35)9-11-29(24)34)21-42-32-13-8-25(17-30(32)37)33(39)36-43(22,3)40/h6,8-9,11-13,16-17,22-23,26,28,31,38H,3-5,7,10,14-15,18-21H2,1-2H3,(H,36,39,40)/b12-6+/t22-,23+,26-,28+,31-,34-,43?/m0/s1. The molecule has 2 bridgehead atoms. The number of carbonyl (C=O) groups is 1. The van der Waals surface area contributed by atoms with E-state index < -0.39 is 20.9 Å². The molecule has 2 aromatic rings. The van der Waals surface area contributed by atoms with Crippen molar-refractivity contribution in [3.05, 3.63) is 70.3 Å². The second-order valence-corrected chi connectivity index (χ2v) is 15.9. The molecule has 1 fully saturated rings. The highest BCUT2D eigenvalue weighted by molar-refractivity contribution is 7.99. The van der Waals surface area contributed by atoms with Crippen molar-refractivity contribution in [2.75, 3.05) is 38.3 Å². The monoisotopic (exact) mass is 626 g/mol. The molecule has 0 saturated heterocycles. The number of benzene rings is 2. The molecule has 1 amide bonds. The highest BCUT2D eigenvalue weighted by Gasteiger charge is 2.44. The van der Waals surface area contributed by atoms with Gasteiger partial charge in [-0.25, -0.2) is 4.21 Å². The van der Waals surface area contributed by atoms with Crippen LogP contribution in [0, 0.1) is 17.8 Å². The van der Waals surface area contributed by atoms with Gasteiger partial charge < -0.3 is 19.5 Å². The Labute approximate surface area is 260 Å². The normalized spacial score (nSPS) is 35.0. The number of aryl methyl sites for hydroxylation is 1. The third-order valence-electron chi connectivity index (χ3n) is 10.3. The number of fused-ring (bicyclic) bond motifs is 4. The van der Waals surface area contributed by atoms with E-state index in [2.05, 4.69) is 33.7 Å². The highest BCUT2D eigenvalue weighted by Crippen LogP contribution is 2.47. The molecule has 7 nitrogen and oxygen atoms in total. The van der Waals surface area contributed by atoms with Gasteiger partial charge in [0, 0.05) is 54.0 Å². The number of rotatable bonds is 2. The van der Waals surface area contributed by atoms with E-state index in [0.29, 0.717) is 30.4 Å². The molecule has 9 heteroatoms. The summed E-state index contributed by atoms with van der Waals surface area (Å²) in [5.74, 6) is 4.75. The number of anilines is 1. The number of nitrogens with one attached hydrogen (secondary N) is 1. The molecule has 2 N–H and O–H groups in total. The molecular weight excluding hydrogens is 584 g/mol. The number of ether oxygens (including phenoxy) is 2. The Morgan fingerprint density at radius 1 is 1.23 bits per heavy atom. The molecule has 43 heavy (non-hydrogen) atoms. The number of carbonyl (C=O) groups excluding carboxylic acids is 1. The Morgan fingerprint density at radius 2 is 2.07 bits per heavy atom. The lowest BCUT2D eigenvalue weighted by Gasteiger charge is -2.46. The van der Waals surface area contributed by atoms with Crippen LogP contribution in [0.5, 0.6) is 5.75 Å². The van der Waals surface area contributed by atoms with Gasteiger partial charge in [0.2, 0.25) is 0 Å². The van der Waals surface area contributed by atoms with E-state index in [1.54, 1.807) is 13.2 Å². The van der Waals surface area contributed by atoms with E-state index in [1.165, 1.54) is 11.1 Å². The van der Waals surface area contributed by atoms with E-state index in [-0.39, 0.29) is 24.0 Å². The zero-order valence-electron chi connectivity index (χ0n) is 25.1. The molecule has 4 aliphatic rings. The van der Waals surface area contributed by atoms with Gasteiger partial charge >= 0.3 is 0 Å². The van der Waals surface area contributed by atoms with Gasteiger partial charge in [-0.05, 0) is 105 Å². The fourth-order valence-corrected chi connectivity index (χ4v) is 8.95. The van der Waals surface area contributed by atoms with Crippen LogP contribution in [0.1, 0.15) is 60.5 Å². The van der Waals surface area contributed by atoms with Gasteiger partial charge in [-0.2, -0.15) is 0 Å². The molecule has 2 aliphatic heterocycles. The number of aliphatic hydroxyl groups excluding tert-OH is 1. The predicted molar refractivity (Wildman–Crippen MR) is 174 cm³/mol. The smallest absolute Gasteiger partial charge is 0.262 e. The van der Waals surface area contributed by atoms with Crippen molar-refractivity contribution in [3.8, 4) is 5.75 Å². The summed E-state index contributed by atoms with van der Waals surface area (Å²) in [6.07, 6.45) is 9.62. The molecule has 2 heterocycles. The van der Waals surface area contributed by atoms with Crippen molar-refractivity contribution in [1.29, 1.82) is 0 Å². The second kappa shape index (κ2) is 12.1. The van der Waals surface area contributed by atoms with Crippen LogP contribution in [0.25, 0.3) is 0 Å². The maximum Gasteiger partial charge on any atom is 0.262 e. The Hall–Kier alpha value is -2.52. The third kappa shape index (κ3) is 5.96. The van der Waals surface area contributed by atoms with Crippen LogP contribution in [0.4, 0.5) is 5.69 Å². The first-order valence-corrected chi connectivity index (χ1v) is 17.6. The first kappa shape index (κ1) is 30.5. The predicted octanol–water partition coefficient (Wildman–Crippen LogP) is 5.17. The summed E-state index contributed by atoms with van der Waals surface area (Å²) in [6, 6.07) is 11.8. The molecule has 2 aromatic carbocycles. The third-order valence-corrected chi connectivity index (χ3v) is 12.5. The van der Waals surface area contributed by atoms with Crippen LogP contribution in [0.3, 0.4) is 0 Å². The van der Waals surface area contributed by atoms with E-state index >= 15 is 0 Å². The maximum atomic E-state index is 13.6. The Kier molecular flexibility index (Phi) is 8.59. The molecule has 2 aliphatic carbocycles. The number of methoxy groups -OCH3 is 1. The molecular formula is C34H43ClN2O5S. The number of amides is 1. The lowest BCUT2D eigenvalue weighted by Crippen LogP contribution is -2.49. The summed E-state index contributed by atoms with van der Waals surface area (Å²) in [5.41, 5.74) is 3.67. The van der Waals surface area contributed by atoms with Crippen LogP contribution < -0.4 is 14.4 Å². The molecule has 1 spiro atoms. The summed E-state index contributed by atoms with van der Waals surface area (Å²) in [7, 11) is -1.24. The molecule has 1 saturated carbocycles. The molecule has 6 rings (SSSR count). The van der Waals surface area contributed by atoms with Gasteiger partial charge in [-0.3, -0.25) is 9.52 Å². The fraction of sp³-hybridized carbons (Fsp3) is 0.529. The van der Waals surface area contributed by atoms with Crippen LogP contribution in [0.2, 0.25) is 5.02 Å². The van der Waals surface area contributed by atoms with Gasteiger partial charge in [-0.1, -0.05) is 29.8 Å². The average Bonchev–Trinajstić information content (AvgIpc) is 3.12. The number of hydrogen-bond acceptors (Lipinski definition) is 6. The zero-order chi connectivity index (χ0) is 30.4. The van der Waals surface area contributed by atoms with Crippen LogP contribution in [-0.4, -0.2) is 65.9 Å². The van der Waals surface area contributed by atoms with Gasteiger partial charge in [0.05, 0.1) is 28.1 Å². The minimum absolute atomic E-state index is 0.0811. The number of aliphatic hydroxyl groups is 1. The van der Waals surface area contributed by atoms with Crippen molar-refractivity contribution in [3.63, 3.8) is 0 Å². The topological polar surface area (TPSA) is 88.1 Å². The first-order chi connectivity index (χ1) is 20.6. The molecule has 1 unspecified atom stereocenters. The van der Waals surface area contributed by atoms with Crippen molar-refractivity contribution < 1.29 is 23.6 Å². The van der Waals surface area contributed by atoms with Crippen molar-refractivity contribution in [2.24, 2.45) is 17.8 Å². The van der Waals surface area contributed by atoms with Crippen molar-refractivity contribution in [1.82, 2.24) is 4.72 Å². The summed E-state index contributed by atoms with van der Waals surface area (Å²) in [5, 5.41) is 10.4. The maximum absolute atomic E-state index is 13.6. The Balaban J connectivity index is 1.43. The van der Waals surface area contributed by atoms with E-state index in [4.69, 9.17) is 21.1 Å².